The largest absolute Gasteiger partial charge is 0.469 e. The number of hydrogen-bond donors (Lipinski definition) is 0. The normalized spacial score (nSPS) is 12.8. The molecule has 0 aliphatic rings. The molecule has 0 aliphatic heterocycles. The molecular formula is C17H6F6N2O3. The number of nitrogens with zero attached hydrogens (tertiary/aromatic N) is 2. The van der Waals surface area contributed by atoms with Gasteiger partial charge in [0.25, 0.3) is 0 Å². The number of fused-ring (bicyclic) bond motifs is 3. The minimum absolute atomic E-state index is 0.139. The average molecular weight is 400 g/mol. The summed E-state index contributed by atoms with van der Waals surface area (Å²) >= 11 is 0. The van der Waals surface area contributed by atoms with Crippen molar-refractivity contribution >= 4 is 22.2 Å². The van der Waals surface area contributed by atoms with Crippen LogP contribution in [-0.2, 0) is 12.4 Å². The van der Waals surface area contributed by atoms with Gasteiger partial charge in [0.2, 0.25) is 11.3 Å². The van der Waals surface area contributed by atoms with E-state index in [4.69, 9.17) is 4.42 Å². The Balaban J connectivity index is 2.14. The molecule has 0 amide bonds. The predicted molar refractivity (Wildman–Crippen MR) is 83.3 cm³/mol. The van der Waals surface area contributed by atoms with Crippen LogP contribution in [0.1, 0.15) is 11.5 Å². The zero-order valence-corrected chi connectivity index (χ0v) is 13.4. The van der Waals surface area contributed by atoms with E-state index in [1.165, 1.54) is 12.1 Å². The summed E-state index contributed by atoms with van der Waals surface area (Å²) in [6, 6.07) is 8.42. The van der Waals surface area contributed by atoms with Crippen LogP contribution in [-0.4, -0.2) is 9.97 Å². The van der Waals surface area contributed by atoms with Crippen LogP contribution in [0.25, 0.3) is 33.5 Å². The number of pyridine rings is 1. The maximum Gasteiger partial charge on any atom is 0.469 e. The molecule has 144 valence electrons. The summed E-state index contributed by atoms with van der Waals surface area (Å²) in [7, 11) is 0. The van der Waals surface area contributed by atoms with Crippen molar-refractivity contribution in [3.8, 4) is 11.3 Å². The summed E-state index contributed by atoms with van der Waals surface area (Å²) < 4.78 is 88.5. The number of alkyl halides is 6. The highest BCUT2D eigenvalue weighted by molar-refractivity contribution is 6.03. The van der Waals surface area contributed by atoms with E-state index in [0.29, 0.717) is 11.6 Å². The standard InChI is InChI=1S/C17H6F6N2O3/c18-16(19,20)8-6-9(7-4-2-1-3-5-7)24-13-10(8)11-12(27-13)14(26)28-15(25-11)17(21,22)23/h1-6H. The van der Waals surface area contributed by atoms with E-state index < -0.39 is 51.6 Å². The Labute approximate surface area is 150 Å². The number of benzene rings is 1. The Kier molecular flexibility index (Phi) is 3.74. The van der Waals surface area contributed by atoms with Crippen LogP contribution in [0, 0.1) is 0 Å². The highest BCUT2D eigenvalue weighted by Gasteiger charge is 2.40. The highest BCUT2D eigenvalue weighted by atomic mass is 19.4. The van der Waals surface area contributed by atoms with Crippen LogP contribution >= 0.6 is 0 Å². The number of furan rings is 1. The summed E-state index contributed by atoms with van der Waals surface area (Å²) in [5.74, 6) is -1.98. The van der Waals surface area contributed by atoms with Crippen molar-refractivity contribution in [2.75, 3.05) is 0 Å². The second-order valence-electron chi connectivity index (χ2n) is 5.68. The predicted octanol–water partition coefficient (Wildman–Crippen LogP) is 5.03. The van der Waals surface area contributed by atoms with Crippen molar-refractivity contribution < 1.29 is 35.2 Å². The molecule has 0 saturated heterocycles. The molecule has 3 heterocycles. The zero-order chi connectivity index (χ0) is 20.3. The van der Waals surface area contributed by atoms with Gasteiger partial charge in [-0.3, -0.25) is 0 Å². The molecule has 4 rings (SSSR count). The van der Waals surface area contributed by atoms with Gasteiger partial charge in [-0.25, -0.2) is 14.8 Å². The summed E-state index contributed by atoms with van der Waals surface area (Å²) in [6.07, 6.45) is -10.1. The van der Waals surface area contributed by atoms with Crippen LogP contribution in [0.4, 0.5) is 26.3 Å². The lowest BCUT2D eigenvalue weighted by Crippen LogP contribution is -2.13. The van der Waals surface area contributed by atoms with E-state index >= 15 is 0 Å². The van der Waals surface area contributed by atoms with Crippen LogP contribution in [0.5, 0.6) is 0 Å². The molecule has 4 aromatic rings. The first kappa shape index (κ1) is 18.0. The highest BCUT2D eigenvalue weighted by Crippen LogP contribution is 2.40. The van der Waals surface area contributed by atoms with Crippen molar-refractivity contribution in [3.63, 3.8) is 0 Å². The van der Waals surface area contributed by atoms with E-state index in [0.717, 1.165) is 0 Å². The molecule has 3 aromatic heterocycles. The van der Waals surface area contributed by atoms with Gasteiger partial charge in [-0.2, -0.15) is 26.3 Å². The molecule has 0 atom stereocenters. The van der Waals surface area contributed by atoms with Crippen LogP contribution in [0.2, 0.25) is 0 Å². The van der Waals surface area contributed by atoms with E-state index in [1.807, 2.05) is 0 Å². The smallest absolute Gasteiger partial charge is 0.428 e. The van der Waals surface area contributed by atoms with E-state index in [2.05, 4.69) is 14.4 Å². The molecule has 0 fully saturated rings. The van der Waals surface area contributed by atoms with Gasteiger partial charge in [0, 0.05) is 5.56 Å². The molecule has 0 N–H and O–H groups in total. The fourth-order valence-electron chi connectivity index (χ4n) is 2.69. The molecule has 28 heavy (non-hydrogen) atoms. The maximum atomic E-state index is 13.6. The number of hydrogen-bond acceptors (Lipinski definition) is 5. The first-order valence-electron chi connectivity index (χ1n) is 7.54. The molecule has 0 unspecified atom stereocenters. The summed E-state index contributed by atoms with van der Waals surface area (Å²) in [5, 5.41) is -0.847. The summed E-state index contributed by atoms with van der Waals surface area (Å²) in [6.45, 7) is 0. The molecule has 0 spiro atoms. The van der Waals surface area contributed by atoms with Gasteiger partial charge in [0.05, 0.1) is 16.6 Å². The Morgan fingerprint density at radius 2 is 1.54 bits per heavy atom. The second kappa shape index (κ2) is 5.81. The van der Waals surface area contributed by atoms with E-state index in [9.17, 15) is 31.1 Å². The van der Waals surface area contributed by atoms with Crippen molar-refractivity contribution in [1.82, 2.24) is 9.97 Å². The third-order valence-electron chi connectivity index (χ3n) is 3.84. The van der Waals surface area contributed by atoms with Crippen LogP contribution in [0.15, 0.2) is 50.0 Å². The molecule has 11 heteroatoms. The molecule has 5 nitrogen and oxygen atoms in total. The lowest BCUT2D eigenvalue weighted by atomic mass is 10.1. The number of aromatic nitrogens is 2. The molecule has 0 saturated carbocycles. The maximum absolute atomic E-state index is 13.6. The van der Waals surface area contributed by atoms with Gasteiger partial charge < -0.3 is 8.83 Å². The topological polar surface area (TPSA) is 69.1 Å². The van der Waals surface area contributed by atoms with Crippen molar-refractivity contribution in [2.24, 2.45) is 0 Å². The monoisotopic (exact) mass is 400 g/mol. The first-order chi connectivity index (χ1) is 13.1. The summed E-state index contributed by atoms with van der Waals surface area (Å²) in [5.41, 5.74) is -5.25. The minimum Gasteiger partial charge on any atom is -0.428 e. The lowest BCUT2D eigenvalue weighted by molar-refractivity contribution is -0.158. The molecule has 0 bridgehead atoms. The minimum atomic E-state index is -5.17. The van der Waals surface area contributed by atoms with Gasteiger partial charge in [-0.15, -0.1) is 0 Å². The third-order valence-corrected chi connectivity index (χ3v) is 3.84. The number of halogens is 6. The fourth-order valence-corrected chi connectivity index (χ4v) is 2.69. The van der Waals surface area contributed by atoms with Crippen molar-refractivity contribution in [1.29, 1.82) is 0 Å². The SMILES string of the molecule is O=c1oc(C(F)(F)F)nc2c1oc1nc(-c3ccccc3)cc(C(F)(F)F)c12. The van der Waals surface area contributed by atoms with Gasteiger partial charge in [0.15, 0.2) is 0 Å². The molecule has 1 aromatic carbocycles. The third kappa shape index (κ3) is 2.88. The Bertz CT molecular complexity index is 1260. The second-order valence-corrected chi connectivity index (χ2v) is 5.68. The number of rotatable bonds is 1. The van der Waals surface area contributed by atoms with Crippen LogP contribution < -0.4 is 5.63 Å². The average Bonchev–Trinajstić information content (AvgIpc) is 2.99. The lowest BCUT2D eigenvalue weighted by Gasteiger charge is -2.10. The zero-order valence-electron chi connectivity index (χ0n) is 13.4. The fraction of sp³-hybridized carbons (Fsp3) is 0.118. The Hall–Kier alpha value is -3.37. The molecular weight excluding hydrogens is 394 g/mol. The van der Waals surface area contributed by atoms with Gasteiger partial charge in [-0.05, 0) is 6.07 Å². The van der Waals surface area contributed by atoms with Crippen LogP contribution in [0.3, 0.4) is 0 Å². The van der Waals surface area contributed by atoms with Crippen molar-refractivity contribution in [2.45, 2.75) is 12.4 Å². The van der Waals surface area contributed by atoms with Gasteiger partial charge >= 0.3 is 23.9 Å². The van der Waals surface area contributed by atoms with Crippen molar-refractivity contribution in [3.05, 3.63) is 58.3 Å². The summed E-state index contributed by atoms with van der Waals surface area (Å²) in [4.78, 5) is 18.8. The van der Waals surface area contributed by atoms with E-state index in [1.54, 1.807) is 18.2 Å². The first-order valence-corrected chi connectivity index (χ1v) is 7.54. The van der Waals surface area contributed by atoms with Gasteiger partial charge in [-0.1, -0.05) is 30.3 Å². The Morgan fingerprint density at radius 3 is 2.14 bits per heavy atom. The van der Waals surface area contributed by atoms with E-state index in [-0.39, 0.29) is 5.69 Å². The molecule has 0 aliphatic carbocycles. The Morgan fingerprint density at radius 1 is 0.857 bits per heavy atom. The quantitative estimate of drug-likeness (QED) is 0.419. The molecule has 0 radical (unpaired) electrons. The van der Waals surface area contributed by atoms with Gasteiger partial charge in [0.1, 0.15) is 5.52 Å².